The average molecular weight is 461 g/mol. The molecule has 7 heteroatoms. The van der Waals surface area contributed by atoms with Crippen LogP contribution in [0, 0.1) is 0 Å². The third kappa shape index (κ3) is 3.38. The number of benzene rings is 2. The van der Waals surface area contributed by atoms with Gasteiger partial charge >= 0.3 is 0 Å². The Morgan fingerprint density at radius 1 is 0.963 bits per heavy atom. The molecule has 0 atom stereocenters. The van der Waals surface area contributed by atoms with E-state index in [1.165, 1.54) is 17.6 Å². The van der Waals surface area contributed by atoms with Crippen LogP contribution in [0.25, 0.3) is 31.9 Å². The Morgan fingerprint density at radius 3 is 2.30 bits per heavy atom. The lowest BCUT2D eigenvalue weighted by Crippen LogP contribution is -2.05. The summed E-state index contributed by atoms with van der Waals surface area (Å²) in [6.45, 7) is 0. The first-order valence-electron chi connectivity index (χ1n) is 7.96. The van der Waals surface area contributed by atoms with Crippen LogP contribution in [-0.4, -0.2) is 14.7 Å². The molecule has 0 unspecified atom stereocenters. The molecule has 0 aliphatic carbocycles. The van der Waals surface area contributed by atoms with Gasteiger partial charge in [0.25, 0.3) is 0 Å². The van der Waals surface area contributed by atoms with E-state index in [0.717, 1.165) is 15.1 Å². The maximum atomic E-state index is 13.2. The van der Waals surface area contributed by atoms with E-state index in [1.54, 1.807) is 42.5 Å². The Hall–Kier alpha value is -2.22. The molecular weight excluding hydrogens is 448 g/mol. The predicted octanol–water partition coefficient (Wildman–Crippen LogP) is 5.35. The van der Waals surface area contributed by atoms with E-state index in [0.29, 0.717) is 21.4 Å². The Bertz CT molecular complexity index is 1320. The zero-order valence-corrected chi connectivity index (χ0v) is 17.3. The number of hydrogen-bond donors (Lipinski definition) is 0. The molecule has 0 saturated carbocycles. The molecule has 0 bridgehead atoms. The zero-order valence-electron chi connectivity index (χ0n) is 14.1. The number of halogens is 1. The minimum atomic E-state index is -3.29. The van der Waals surface area contributed by atoms with E-state index in [2.05, 4.69) is 15.9 Å². The highest BCUT2D eigenvalue weighted by molar-refractivity contribution is 9.10. The van der Waals surface area contributed by atoms with Crippen molar-refractivity contribution in [2.75, 3.05) is 6.26 Å². The molecule has 2 heterocycles. The van der Waals surface area contributed by atoms with E-state index in [4.69, 9.17) is 4.42 Å². The van der Waals surface area contributed by atoms with Crippen molar-refractivity contribution in [1.82, 2.24) is 0 Å². The van der Waals surface area contributed by atoms with Gasteiger partial charge in [-0.2, -0.15) is 0 Å². The topological polar surface area (TPSA) is 64.3 Å². The van der Waals surface area contributed by atoms with Crippen LogP contribution in [0.1, 0.15) is 0 Å². The fraction of sp³-hybridized carbons (Fsp3) is 0.0500. The Balaban J connectivity index is 2.03. The first-order valence-corrected chi connectivity index (χ1v) is 11.5. The molecule has 136 valence electrons. The largest absolute Gasteiger partial charge is 0.449 e. The summed E-state index contributed by atoms with van der Waals surface area (Å²) < 4.78 is 30.5. The molecule has 0 aliphatic heterocycles. The van der Waals surface area contributed by atoms with Crippen LogP contribution in [0.3, 0.4) is 0 Å². The Morgan fingerprint density at radius 2 is 1.67 bits per heavy atom. The molecule has 27 heavy (non-hydrogen) atoms. The van der Waals surface area contributed by atoms with Crippen molar-refractivity contribution in [3.63, 3.8) is 0 Å². The summed E-state index contributed by atoms with van der Waals surface area (Å²) in [5.74, 6) is 0.469. The lowest BCUT2D eigenvalue weighted by molar-refractivity contribution is 0.556. The number of rotatable bonds is 3. The minimum absolute atomic E-state index is 0.117. The molecule has 0 radical (unpaired) electrons. The average Bonchev–Trinajstić information content (AvgIpc) is 3.07. The highest BCUT2D eigenvalue weighted by Gasteiger charge is 2.19. The third-order valence-electron chi connectivity index (χ3n) is 4.16. The van der Waals surface area contributed by atoms with E-state index < -0.39 is 9.84 Å². The fourth-order valence-corrected chi connectivity index (χ4v) is 4.99. The van der Waals surface area contributed by atoms with Gasteiger partial charge in [-0.25, -0.2) is 8.42 Å². The number of hydrogen-bond acceptors (Lipinski definition) is 5. The van der Waals surface area contributed by atoms with Crippen LogP contribution < -0.4 is 5.43 Å². The molecule has 0 amide bonds. The van der Waals surface area contributed by atoms with Gasteiger partial charge in [0, 0.05) is 21.2 Å². The molecule has 4 rings (SSSR count). The second-order valence-corrected chi connectivity index (χ2v) is 9.88. The SMILES string of the molecule is CS(=O)(=O)c1ccc(-c2sc3ccccc3c(=O)c2-c2ccc(Br)o2)cc1. The van der Waals surface area contributed by atoms with Gasteiger partial charge in [-0.15, -0.1) is 11.3 Å². The fourth-order valence-electron chi connectivity index (χ4n) is 2.87. The summed E-state index contributed by atoms with van der Waals surface area (Å²) in [5, 5.41) is 0.626. The van der Waals surface area contributed by atoms with E-state index >= 15 is 0 Å². The van der Waals surface area contributed by atoms with Gasteiger partial charge < -0.3 is 4.42 Å². The van der Waals surface area contributed by atoms with Crippen molar-refractivity contribution in [1.29, 1.82) is 0 Å². The van der Waals surface area contributed by atoms with Crippen molar-refractivity contribution in [3.05, 3.63) is 75.6 Å². The molecular formula is C20H13BrO4S2. The predicted molar refractivity (Wildman–Crippen MR) is 112 cm³/mol. The highest BCUT2D eigenvalue weighted by atomic mass is 79.9. The highest BCUT2D eigenvalue weighted by Crippen LogP contribution is 2.38. The lowest BCUT2D eigenvalue weighted by atomic mass is 10.1. The number of furan rings is 1. The second-order valence-electron chi connectivity index (χ2n) is 6.03. The summed E-state index contributed by atoms with van der Waals surface area (Å²) in [4.78, 5) is 14.2. The monoisotopic (exact) mass is 460 g/mol. The number of sulfone groups is 1. The first-order chi connectivity index (χ1) is 12.8. The van der Waals surface area contributed by atoms with Gasteiger partial charge in [0.1, 0.15) is 5.76 Å². The summed E-state index contributed by atoms with van der Waals surface area (Å²) >= 11 is 4.76. The van der Waals surface area contributed by atoms with Crippen molar-refractivity contribution in [2.24, 2.45) is 0 Å². The van der Waals surface area contributed by atoms with Crippen LogP contribution in [-0.2, 0) is 9.84 Å². The van der Waals surface area contributed by atoms with Crippen molar-refractivity contribution in [3.8, 4) is 21.8 Å². The molecule has 0 fully saturated rings. The molecule has 4 aromatic rings. The van der Waals surface area contributed by atoms with Crippen molar-refractivity contribution < 1.29 is 12.8 Å². The standard InChI is InChI=1S/C20H13BrO4S2/c1-27(23,24)13-8-6-12(7-9-13)20-18(15-10-11-17(21)25-15)19(22)14-4-2-3-5-16(14)26-20/h2-11H,1H3. The normalized spacial score (nSPS) is 11.8. The lowest BCUT2D eigenvalue weighted by Gasteiger charge is -2.09. The van der Waals surface area contributed by atoms with Crippen LogP contribution >= 0.6 is 27.3 Å². The number of fused-ring (bicyclic) bond motifs is 1. The molecule has 2 aromatic heterocycles. The Kier molecular flexibility index (Phi) is 4.53. The van der Waals surface area contributed by atoms with Crippen molar-refractivity contribution >= 4 is 47.2 Å². The van der Waals surface area contributed by atoms with Crippen LogP contribution in [0.5, 0.6) is 0 Å². The molecule has 4 nitrogen and oxygen atoms in total. The van der Waals surface area contributed by atoms with Gasteiger partial charge in [-0.1, -0.05) is 24.3 Å². The smallest absolute Gasteiger partial charge is 0.199 e. The summed E-state index contributed by atoms with van der Waals surface area (Å²) in [7, 11) is -3.29. The van der Waals surface area contributed by atoms with Gasteiger partial charge in [0.2, 0.25) is 0 Å². The second kappa shape index (κ2) is 6.74. The molecule has 2 aromatic carbocycles. The molecule has 0 saturated heterocycles. The van der Waals surface area contributed by atoms with Crippen LogP contribution in [0.2, 0.25) is 0 Å². The maximum Gasteiger partial charge on any atom is 0.199 e. The van der Waals surface area contributed by atoms with E-state index in [9.17, 15) is 13.2 Å². The van der Waals surface area contributed by atoms with Gasteiger partial charge in [-0.05, 0) is 57.9 Å². The quantitative estimate of drug-likeness (QED) is 0.413. The molecule has 0 N–H and O–H groups in total. The summed E-state index contributed by atoms with van der Waals surface area (Å²) in [6, 6.07) is 17.5. The van der Waals surface area contributed by atoms with Crippen LogP contribution in [0.15, 0.2) is 79.4 Å². The van der Waals surface area contributed by atoms with Gasteiger partial charge in [0.15, 0.2) is 19.9 Å². The van der Waals surface area contributed by atoms with Crippen molar-refractivity contribution in [2.45, 2.75) is 4.90 Å². The van der Waals surface area contributed by atoms with Gasteiger partial charge in [-0.3, -0.25) is 4.79 Å². The maximum absolute atomic E-state index is 13.2. The van der Waals surface area contributed by atoms with E-state index in [-0.39, 0.29) is 10.3 Å². The van der Waals surface area contributed by atoms with Gasteiger partial charge in [0.05, 0.1) is 10.5 Å². The molecule has 0 spiro atoms. The Labute approximate surface area is 168 Å². The third-order valence-corrected chi connectivity index (χ3v) is 6.94. The van der Waals surface area contributed by atoms with E-state index in [1.807, 2.05) is 18.2 Å². The summed E-state index contributed by atoms with van der Waals surface area (Å²) in [6.07, 6.45) is 1.17. The minimum Gasteiger partial charge on any atom is -0.449 e. The first kappa shape index (κ1) is 18.2. The zero-order chi connectivity index (χ0) is 19.2. The molecule has 0 aliphatic rings. The van der Waals surface area contributed by atoms with Crippen LogP contribution in [0.4, 0.5) is 0 Å². The summed E-state index contributed by atoms with van der Waals surface area (Å²) in [5.41, 5.74) is 1.11.